The third kappa shape index (κ3) is 4.31. The molecular weight excluding hydrogens is 245 g/mol. The summed E-state index contributed by atoms with van der Waals surface area (Å²) in [7, 11) is 0. The van der Waals surface area contributed by atoms with E-state index in [-0.39, 0.29) is 18.1 Å². The number of rotatable bonds is 4. The van der Waals surface area contributed by atoms with Crippen LogP contribution < -0.4 is 5.43 Å². The van der Waals surface area contributed by atoms with E-state index in [9.17, 15) is 9.18 Å². The van der Waals surface area contributed by atoms with E-state index in [0.717, 1.165) is 5.56 Å². The van der Waals surface area contributed by atoms with Gasteiger partial charge in [0.1, 0.15) is 5.82 Å². The second-order valence-corrected chi connectivity index (χ2v) is 3.85. The Labute approximate surface area is 110 Å². The smallest absolute Gasteiger partial charge is 0.244 e. The molecule has 0 aliphatic heterocycles. The minimum Gasteiger partial charge on any atom is -0.273 e. The van der Waals surface area contributed by atoms with Gasteiger partial charge in [-0.25, -0.2) is 9.82 Å². The average molecular weight is 257 g/mol. The molecular formula is C14H12FN3O. The van der Waals surface area contributed by atoms with E-state index in [4.69, 9.17) is 0 Å². The van der Waals surface area contributed by atoms with Crippen LogP contribution in [0.1, 0.15) is 11.3 Å². The van der Waals surface area contributed by atoms with Crippen LogP contribution in [-0.4, -0.2) is 17.1 Å². The maximum absolute atomic E-state index is 12.7. The van der Waals surface area contributed by atoms with E-state index in [0.29, 0.717) is 5.69 Å². The number of hydrogen-bond acceptors (Lipinski definition) is 3. The molecule has 4 nitrogen and oxygen atoms in total. The number of pyridine rings is 1. The first-order chi connectivity index (χ1) is 9.24. The first-order valence-electron chi connectivity index (χ1n) is 5.71. The van der Waals surface area contributed by atoms with Gasteiger partial charge in [-0.1, -0.05) is 18.2 Å². The Morgan fingerprint density at radius 1 is 1.26 bits per heavy atom. The summed E-state index contributed by atoms with van der Waals surface area (Å²) in [5.74, 6) is -0.587. The molecule has 96 valence electrons. The Morgan fingerprint density at radius 2 is 2.05 bits per heavy atom. The number of hydrazone groups is 1. The molecule has 0 atom stereocenters. The molecule has 0 aliphatic carbocycles. The van der Waals surface area contributed by atoms with Crippen LogP contribution in [-0.2, 0) is 11.2 Å². The minimum absolute atomic E-state index is 0.153. The quantitative estimate of drug-likeness (QED) is 0.672. The van der Waals surface area contributed by atoms with Gasteiger partial charge < -0.3 is 0 Å². The molecule has 0 saturated heterocycles. The van der Waals surface area contributed by atoms with E-state index < -0.39 is 0 Å². The van der Waals surface area contributed by atoms with Gasteiger partial charge in [0, 0.05) is 6.20 Å². The lowest BCUT2D eigenvalue weighted by Crippen LogP contribution is -2.19. The van der Waals surface area contributed by atoms with Crippen LogP contribution in [0.2, 0.25) is 0 Å². The number of amides is 1. The molecule has 1 N–H and O–H groups in total. The number of nitrogens with one attached hydrogen (secondary N) is 1. The largest absolute Gasteiger partial charge is 0.273 e. The van der Waals surface area contributed by atoms with E-state index in [2.05, 4.69) is 15.5 Å². The number of hydrogen-bond donors (Lipinski definition) is 1. The fourth-order valence-corrected chi connectivity index (χ4v) is 1.45. The summed E-state index contributed by atoms with van der Waals surface area (Å²) in [5, 5.41) is 3.79. The second kappa shape index (κ2) is 6.39. The van der Waals surface area contributed by atoms with E-state index in [1.807, 2.05) is 6.07 Å². The lowest BCUT2D eigenvalue weighted by Gasteiger charge is -2.00. The van der Waals surface area contributed by atoms with Crippen LogP contribution >= 0.6 is 0 Å². The van der Waals surface area contributed by atoms with Crippen molar-refractivity contribution in [3.63, 3.8) is 0 Å². The summed E-state index contributed by atoms with van der Waals surface area (Å²) >= 11 is 0. The summed E-state index contributed by atoms with van der Waals surface area (Å²) in [6.07, 6.45) is 3.25. The van der Waals surface area contributed by atoms with Crippen molar-refractivity contribution in [2.24, 2.45) is 5.10 Å². The van der Waals surface area contributed by atoms with Crippen LogP contribution in [0.5, 0.6) is 0 Å². The molecule has 19 heavy (non-hydrogen) atoms. The minimum atomic E-state index is -0.322. The summed E-state index contributed by atoms with van der Waals surface area (Å²) in [6.45, 7) is 0. The molecule has 0 radical (unpaired) electrons. The third-order valence-electron chi connectivity index (χ3n) is 2.35. The van der Waals surface area contributed by atoms with Crippen LogP contribution in [0.3, 0.4) is 0 Å². The molecule has 0 spiro atoms. The number of carbonyl (C=O) groups is 1. The van der Waals surface area contributed by atoms with Crippen molar-refractivity contribution < 1.29 is 9.18 Å². The Morgan fingerprint density at radius 3 is 2.74 bits per heavy atom. The van der Waals surface area contributed by atoms with Crippen LogP contribution in [0.15, 0.2) is 53.8 Å². The normalized spacial score (nSPS) is 10.6. The summed E-state index contributed by atoms with van der Waals surface area (Å²) in [4.78, 5) is 15.6. The monoisotopic (exact) mass is 257 g/mol. The predicted molar refractivity (Wildman–Crippen MR) is 70.1 cm³/mol. The van der Waals surface area contributed by atoms with Crippen molar-refractivity contribution in [2.75, 3.05) is 0 Å². The fourth-order valence-electron chi connectivity index (χ4n) is 1.45. The van der Waals surface area contributed by atoms with Gasteiger partial charge in [0.25, 0.3) is 0 Å². The molecule has 5 heteroatoms. The Bertz CT molecular complexity index is 567. The molecule has 1 amide bonds. The second-order valence-electron chi connectivity index (χ2n) is 3.85. The zero-order valence-corrected chi connectivity index (χ0v) is 10.1. The highest BCUT2D eigenvalue weighted by molar-refractivity contribution is 5.81. The van der Waals surface area contributed by atoms with Crippen LogP contribution in [0.4, 0.5) is 4.39 Å². The number of halogens is 1. The topological polar surface area (TPSA) is 54.4 Å². The molecule has 0 bridgehead atoms. The first kappa shape index (κ1) is 12.9. The standard InChI is InChI=1S/C14H12FN3O/c15-12-6-4-11(5-7-12)9-14(19)18-17-10-13-3-1-2-8-16-13/h1-8,10H,9H2,(H,18,19). The highest BCUT2D eigenvalue weighted by atomic mass is 19.1. The van der Waals surface area contributed by atoms with Gasteiger partial charge in [-0.15, -0.1) is 0 Å². The molecule has 1 aromatic carbocycles. The molecule has 0 unspecified atom stereocenters. The Balaban J connectivity index is 1.85. The van der Waals surface area contributed by atoms with Gasteiger partial charge in [-0.05, 0) is 29.8 Å². The lowest BCUT2D eigenvalue weighted by molar-refractivity contribution is -0.120. The fraction of sp³-hybridized carbons (Fsp3) is 0.0714. The van der Waals surface area contributed by atoms with Gasteiger partial charge in [0.15, 0.2) is 0 Å². The molecule has 2 rings (SSSR count). The molecule has 0 fully saturated rings. The molecule has 0 aliphatic rings. The summed E-state index contributed by atoms with van der Waals surface area (Å²) in [5.41, 5.74) is 3.78. The molecule has 1 heterocycles. The lowest BCUT2D eigenvalue weighted by atomic mass is 10.1. The third-order valence-corrected chi connectivity index (χ3v) is 2.35. The van der Waals surface area contributed by atoms with Crippen molar-refractivity contribution in [1.82, 2.24) is 10.4 Å². The van der Waals surface area contributed by atoms with E-state index in [1.54, 1.807) is 30.5 Å². The maximum atomic E-state index is 12.7. The van der Waals surface area contributed by atoms with Crippen molar-refractivity contribution in [2.45, 2.75) is 6.42 Å². The van der Waals surface area contributed by atoms with E-state index >= 15 is 0 Å². The van der Waals surface area contributed by atoms with E-state index in [1.165, 1.54) is 18.3 Å². The van der Waals surface area contributed by atoms with Crippen molar-refractivity contribution in [3.8, 4) is 0 Å². The Hall–Kier alpha value is -2.56. The highest BCUT2D eigenvalue weighted by Gasteiger charge is 2.01. The van der Waals surface area contributed by atoms with Gasteiger partial charge in [0.05, 0.1) is 18.3 Å². The van der Waals surface area contributed by atoms with Crippen molar-refractivity contribution >= 4 is 12.1 Å². The van der Waals surface area contributed by atoms with Crippen molar-refractivity contribution in [1.29, 1.82) is 0 Å². The number of aromatic nitrogens is 1. The van der Waals surface area contributed by atoms with Gasteiger partial charge >= 0.3 is 0 Å². The summed E-state index contributed by atoms with van der Waals surface area (Å²) < 4.78 is 12.7. The highest BCUT2D eigenvalue weighted by Crippen LogP contribution is 2.03. The zero-order chi connectivity index (χ0) is 13.5. The number of carbonyl (C=O) groups excluding carboxylic acids is 1. The zero-order valence-electron chi connectivity index (χ0n) is 10.1. The molecule has 0 saturated carbocycles. The number of nitrogens with zero attached hydrogens (tertiary/aromatic N) is 2. The van der Waals surface area contributed by atoms with Gasteiger partial charge in [-0.2, -0.15) is 5.10 Å². The predicted octanol–water partition coefficient (Wildman–Crippen LogP) is 1.91. The summed E-state index contributed by atoms with van der Waals surface area (Å²) in [6, 6.07) is 11.2. The maximum Gasteiger partial charge on any atom is 0.244 e. The molecule has 1 aromatic heterocycles. The van der Waals surface area contributed by atoms with Crippen LogP contribution in [0, 0.1) is 5.82 Å². The number of benzene rings is 1. The first-order valence-corrected chi connectivity index (χ1v) is 5.71. The van der Waals surface area contributed by atoms with Gasteiger partial charge in [-0.3, -0.25) is 9.78 Å². The molecule has 2 aromatic rings. The SMILES string of the molecule is O=C(Cc1ccc(F)cc1)NN=Cc1ccccn1. The Kier molecular flexibility index (Phi) is 4.34. The van der Waals surface area contributed by atoms with Crippen LogP contribution in [0.25, 0.3) is 0 Å². The average Bonchev–Trinajstić information content (AvgIpc) is 2.43. The van der Waals surface area contributed by atoms with Gasteiger partial charge in [0.2, 0.25) is 5.91 Å². The van der Waals surface area contributed by atoms with Crippen molar-refractivity contribution in [3.05, 3.63) is 65.7 Å².